The average Bonchev–Trinajstić information content (AvgIpc) is 2.93. The molecule has 5 nitrogen and oxygen atoms in total. The number of aliphatic hydroxyl groups is 1. The van der Waals surface area contributed by atoms with E-state index in [1.807, 2.05) is 6.92 Å². The highest BCUT2D eigenvalue weighted by molar-refractivity contribution is 5.96. The summed E-state index contributed by atoms with van der Waals surface area (Å²) in [6.07, 6.45) is 4.23. The summed E-state index contributed by atoms with van der Waals surface area (Å²) < 4.78 is 5.03. The number of nitrogens with zero attached hydrogens (tertiary/aromatic N) is 1. The normalized spacial score (nSPS) is 17.9. The second-order valence-electron chi connectivity index (χ2n) is 5.03. The molecule has 0 aliphatic heterocycles. The first kappa shape index (κ1) is 13.1. The molecule has 1 saturated carbocycles. The number of carbonyl (C=O) groups excluding carboxylic acids is 1. The summed E-state index contributed by atoms with van der Waals surface area (Å²) in [6.45, 7) is 3.96. The number of nitrogens with one attached hydrogen (secondary N) is 1. The molecule has 18 heavy (non-hydrogen) atoms. The van der Waals surface area contributed by atoms with Crippen molar-refractivity contribution in [3.8, 4) is 0 Å². The Morgan fingerprint density at radius 1 is 1.50 bits per heavy atom. The van der Waals surface area contributed by atoms with Gasteiger partial charge in [-0.3, -0.25) is 4.79 Å². The van der Waals surface area contributed by atoms with E-state index in [1.54, 1.807) is 6.92 Å². The van der Waals surface area contributed by atoms with Crippen LogP contribution >= 0.6 is 0 Å². The van der Waals surface area contributed by atoms with E-state index >= 15 is 0 Å². The Bertz CT molecular complexity index is 433. The predicted octanol–water partition coefficient (Wildman–Crippen LogP) is 1.58. The Hall–Kier alpha value is -1.36. The Morgan fingerprint density at radius 3 is 2.78 bits per heavy atom. The highest BCUT2D eigenvalue weighted by Gasteiger charge is 2.32. The Morgan fingerprint density at radius 2 is 2.17 bits per heavy atom. The van der Waals surface area contributed by atoms with E-state index < -0.39 is 5.60 Å². The van der Waals surface area contributed by atoms with Crippen molar-refractivity contribution in [3.63, 3.8) is 0 Å². The fraction of sp³-hybridized carbons (Fsp3) is 0.692. The molecule has 1 aromatic rings. The first-order valence-corrected chi connectivity index (χ1v) is 6.51. The van der Waals surface area contributed by atoms with Crippen LogP contribution in [-0.2, 0) is 6.42 Å². The Labute approximate surface area is 107 Å². The van der Waals surface area contributed by atoms with E-state index in [9.17, 15) is 9.90 Å². The number of hydrogen-bond acceptors (Lipinski definition) is 4. The molecule has 1 amide bonds. The molecule has 5 heteroatoms. The van der Waals surface area contributed by atoms with Crippen LogP contribution < -0.4 is 5.32 Å². The Balaban J connectivity index is 2.01. The van der Waals surface area contributed by atoms with Crippen LogP contribution in [0, 0.1) is 6.92 Å². The van der Waals surface area contributed by atoms with Crippen molar-refractivity contribution in [2.45, 2.75) is 51.6 Å². The van der Waals surface area contributed by atoms with Gasteiger partial charge in [-0.25, -0.2) is 0 Å². The van der Waals surface area contributed by atoms with Crippen molar-refractivity contribution in [2.75, 3.05) is 6.54 Å². The molecule has 0 radical (unpaired) electrons. The standard InChI is InChI=1S/C13H20N2O3/c1-3-10-11(9(2)18-15-10)12(16)14-8-13(17)6-4-5-7-13/h17H,3-8H2,1-2H3,(H,14,16). The minimum absolute atomic E-state index is 0.203. The number of amides is 1. The first-order valence-electron chi connectivity index (χ1n) is 6.51. The molecule has 1 aliphatic rings. The molecule has 1 heterocycles. The van der Waals surface area contributed by atoms with E-state index in [0.29, 0.717) is 30.0 Å². The van der Waals surface area contributed by atoms with Gasteiger partial charge in [-0.05, 0) is 26.2 Å². The number of aromatic nitrogens is 1. The SMILES string of the molecule is CCc1noc(C)c1C(=O)NCC1(O)CCCC1. The van der Waals surface area contributed by atoms with Crippen molar-refractivity contribution in [2.24, 2.45) is 0 Å². The highest BCUT2D eigenvalue weighted by atomic mass is 16.5. The molecule has 0 atom stereocenters. The fourth-order valence-corrected chi connectivity index (χ4v) is 2.49. The number of carbonyl (C=O) groups is 1. The zero-order valence-electron chi connectivity index (χ0n) is 11.0. The summed E-state index contributed by atoms with van der Waals surface area (Å²) in [5.41, 5.74) is 0.454. The maximum absolute atomic E-state index is 12.1. The lowest BCUT2D eigenvalue weighted by Crippen LogP contribution is -2.41. The van der Waals surface area contributed by atoms with Gasteiger partial charge < -0.3 is 14.9 Å². The van der Waals surface area contributed by atoms with Crippen LogP contribution in [0.15, 0.2) is 4.52 Å². The van der Waals surface area contributed by atoms with Crippen LogP contribution in [0.25, 0.3) is 0 Å². The minimum atomic E-state index is -0.729. The summed E-state index contributed by atoms with van der Waals surface area (Å²) >= 11 is 0. The fourth-order valence-electron chi connectivity index (χ4n) is 2.49. The summed E-state index contributed by atoms with van der Waals surface area (Å²) in [5.74, 6) is 0.327. The van der Waals surface area contributed by atoms with E-state index in [0.717, 1.165) is 25.7 Å². The van der Waals surface area contributed by atoms with Crippen LogP contribution in [0.3, 0.4) is 0 Å². The zero-order chi connectivity index (χ0) is 13.2. The van der Waals surface area contributed by atoms with Crippen molar-refractivity contribution in [1.82, 2.24) is 10.5 Å². The summed E-state index contributed by atoms with van der Waals surface area (Å²) in [6, 6.07) is 0. The van der Waals surface area contributed by atoms with E-state index in [1.165, 1.54) is 0 Å². The molecule has 0 unspecified atom stereocenters. The quantitative estimate of drug-likeness (QED) is 0.853. The van der Waals surface area contributed by atoms with Crippen LogP contribution in [-0.4, -0.2) is 28.3 Å². The van der Waals surface area contributed by atoms with Gasteiger partial charge in [0.25, 0.3) is 5.91 Å². The summed E-state index contributed by atoms with van der Waals surface area (Å²) in [7, 11) is 0. The number of hydrogen-bond donors (Lipinski definition) is 2. The molecule has 0 spiro atoms. The smallest absolute Gasteiger partial charge is 0.256 e. The largest absolute Gasteiger partial charge is 0.388 e. The molecule has 1 fully saturated rings. The van der Waals surface area contributed by atoms with Crippen LogP contribution in [0.1, 0.15) is 54.4 Å². The minimum Gasteiger partial charge on any atom is -0.388 e. The lowest BCUT2D eigenvalue weighted by atomic mass is 10.0. The zero-order valence-corrected chi connectivity index (χ0v) is 11.0. The van der Waals surface area contributed by atoms with E-state index in [4.69, 9.17) is 4.52 Å². The molecule has 2 rings (SSSR count). The summed E-state index contributed by atoms with van der Waals surface area (Å²) in [4.78, 5) is 12.1. The third kappa shape index (κ3) is 2.56. The van der Waals surface area contributed by atoms with Gasteiger partial charge in [-0.15, -0.1) is 0 Å². The number of aryl methyl sites for hydroxylation is 2. The second-order valence-corrected chi connectivity index (χ2v) is 5.03. The maximum Gasteiger partial charge on any atom is 0.256 e. The third-order valence-corrected chi connectivity index (χ3v) is 3.61. The van der Waals surface area contributed by atoms with Gasteiger partial charge in [0.05, 0.1) is 11.3 Å². The molecular formula is C13H20N2O3. The van der Waals surface area contributed by atoms with Gasteiger partial charge in [0.2, 0.25) is 0 Å². The molecule has 1 aromatic heterocycles. The monoisotopic (exact) mass is 252 g/mol. The van der Waals surface area contributed by atoms with Gasteiger partial charge in [0, 0.05) is 6.54 Å². The average molecular weight is 252 g/mol. The van der Waals surface area contributed by atoms with Gasteiger partial charge in [-0.1, -0.05) is 24.9 Å². The van der Waals surface area contributed by atoms with Gasteiger partial charge in [0.15, 0.2) is 0 Å². The molecule has 100 valence electrons. The van der Waals surface area contributed by atoms with Gasteiger partial charge >= 0.3 is 0 Å². The van der Waals surface area contributed by atoms with Crippen LogP contribution in [0.5, 0.6) is 0 Å². The van der Waals surface area contributed by atoms with E-state index in [-0.39, 0.29) is 5.91 Å². The Kier molecular flexibility index (Phi) is 3.71. The molecule has 1 aliphatic carbocycles. The molecule has 0 saturated heterocycles. The van der Waals surface area contributed by atoms with Crippen LogP contribution in [0.4, 0.5) is 0 Å². The van der Waals surface area contributed by atoms with Crippen molar-refractivity contribution < 1.29 is 14.4 Å². The molecular weight excluding hydrogens is 232 g/mol. The molecule has 0 aromatic carbocycles. The molecule has 2 N–H and O–H groups in total. The van der Waals surface area contributed by atoms with Crippen molar-refractivity contribution in [3.05, 3.63) is 17.0 Å². The lowest BCUT2D eigenvalue weighted by Gasteiger charge is -2.22. The second kappa shape index (κ2) is 5.10. The van der Waals surface area contributed by atoms with Crippen molar-refractivity contribution >= 4 is 5.91 Å². The molecule has 0 bridgehead atoms. The van der Waals surface area contributed by atoms with E-state index in [2.05, 4.69) is 10.5 Å². The van der Waals surface area contributed by atoms with Gasteiger partial charge in [0.1, 0.15) is 11.3 Å². The van der Waals surface area contributed by atoms with Crippen molar-refractivity contribution in [1.29, 1.82) is 0 Å². The van der Waals surface area contributed by atoms with Crippen LogP contribution in [0.2, 0.25) is 0 Å². The third-order valence-electron chi connectivity index (χ3n) is 3.61. The predicted molar refractivity (Wildman–Crippen MR) is 66.4 cm³/mol. The maximum atomic E-state index is 12.1. The summed E-state index contributed by atoms with van der Waals surface area (Å²) in [5, 5.41) is 16.8. The topological polar surface area (TPSA) is 75.4 Å². The highest BCUT2D eigenvalue weighted by Crippen LogP contribution is 2.28. The van der Waals surface area contributed by atoms with Gasteiger partial charge in [-0.2, -0.15) is 0 Å². The number of rotatable bonds is 4. The first-order chi connectivity index (χ1) is 8.56. The lowest BCUT2D eigenvalue weighted by molar-refractivity contribution is 0.0449.